The van der Waals surface area contributed by atoms with Gasteiger partial charge in [-0.05, 0) is 63.1 Å². The third-order valence-corrected chi connectivity index (χ3v) is 4.89. The minimum absolute atomic E-state index is 0.0497. The van der Waals surface area contributed by atoms with E-state index in [4.69, 9.17) is 0 Å². The van der Waals surface area contributed by atoms with Crippen LogP contribution < -0.4 is 10.0 Å². The zero-order chi connectivity index (χ0) is 18.7. The zero-order valence-corrected chi connectivity index (χ0v) is 15.8. The lowest BCUT2D eigenvalue weighted by Crippen LogP contribution is -2.40. The molecular formula is C19H24N2O3S. The number of nitrogens with one attached hydrogen (secondary N) is 2. The van der Waals surface area contributed by atoms with E-state index < -0.39 is 15.6 Å². The monoisotopic (exact) mass is 360 g/mol. The minimum atomic E-state index is -3.76. The molecule has 0 aromatic heterocycles. The molecule has 0 aliphatic carbocycles. The van der Waals surface area contributed by atoms with Gasteiger partial charge < -0.3 is 5.32 Å². The highest BCUT2D eigenvalue weighted by atomic mass is 32.2. The topological polar surface area (TPSA) is 75.3 Å². The summed E-state index contributed by atoms with van der Waals surface area (Å²) in [4.78, 5) is 12.3. The standard InChI is InChI=1S/C19H24N2O3S/c1-5-14-9-11-16(12-10-14)21-25(23,24)17-8-6-7-15(13-17)18(22)20-19(2,3)4/h6-13,21H,5H2,1-4H3,(H,20,22). The van der Waals surface area contributed by atoms with Gasteiger partial charge in [0.05, 0.1) is 4.90 Å². The normalized spacial score (nSPS) is 11.8. The second-order valence-corrected chi connectivity index (χ2v) is 8.57. The maximum absolute atomic E-state index is 12.6. The van der Waals surface area contributed by atoms with Crippen LogP contribution >= 0.6 is 0 Å². The SMILES string of the molecule is CCc1ccc(NS(=O)(=O)c2cccc(C(=O)NC(C)(C)C)c2)cc1. The average molecular weight is 360 g/mol. The van der Waals surface area contributed by atoms with Crippen molar-refractivity contribution >= 4 is 21.6 Å². The van der Waals surface area contributed by atoms with E-state index >= 15 is 0 Å². The Morgan fingerprint density at radius 3 is 2.24 bits per heavy atom. The molecule has 1 amide bonds. The zero-order valence-electron chi connectivity index (χ0n) is 15.0. The summed E-state index contributed by atoms with van der Waals surface area (Å²) in [6, 6.07) is 13.2. The van der Waals surface area contributed by atoms with Gasteiger partial charge in [0.25, 0.3) is 15.9 Å². The molecule has 2 aromatic carbocycles. The largest absolute Gasteiger partial charge is 0.347 e. The van der Waals surface area contributed by atoms with Crippen molar-refractivity contribution in [1.82, 2.24) is 5.32 Å². The molecule has 134 valence electrons. The van der Waals surface area contributed by atoms with Crippen molar-refractivity contribution in [2.24, 2.45) is 0 Å². The molecule has 2 rings (SSSR count). The first-order chi connectivity index (χ1) is 11.6. The van der Waals surface area contributed by atoms with Crippen LogP contribution in [0.1, 0.15) is 43.6 Å². The molecule has 0 aliphatic rings. The minimum Gasteiger partial charge on any atom is -0.347 e. The lowest BCUT2D eigenvalue weighted by atomic mass is 10.1. The second-order valence-electron chi connectivity index (χ2n) is 6.89. The summed E-state index contributed by atoms with van der Waals surface area (Å²) in [6.45, 7) is 7.64. The number of rotatable bonds is 5. The summed E-state index contributed by atoms with van der Waals surface area (Å²) < 4.78 is 27.7. The fourth-order valence-corrected chi connectivity index (χ4v) is 3.34. The highest BCUT2D eigenvalue weighted by Crippen LogP contribution is 2.18. The number of amides is 1. The van der Waals surface area contributed by atoms with E-state index in [9.17, 15) is 13.2 Å². The highest BCUT2D eigenvalue weighted by Gasteiger charge is 2.19. The molecule has 0 atom stereocenters. The van der Waals surface area contributed by atoms with E-state index in [1.807, 2.05) is 39.8 Å². The molecule has 0 aliphatic heterocycles. The van der Waals surface area contributed by atoms with E-state index in [1.54, 1.807) is 24.3 Å². The van der Waals surface area contributed by atoms with Crippen molar-refractivity contribution < 1.29 is 13.2 Å². The molecule has 0 radical (unpaired) electrons. The molecule has 5 nitrogen and oxygen atoms in total. The molecule has 0 unspecified atom stereocenters. The van der Waals surface area contributed by atoms with E-state index in [-0.39, 0.29) is 10.8 Å². The third kappa shape index (κ3) is 5.32. The first kappa shape index (κ1) is 19.0. The molecule has 0 saturated heterocycles. The van der Waals surface area contributed by atoms with Crippen LogP contribution in [0.2, 0.25) is 0 Å². The lowest BCUT2D eigenvalue weighted by Gasteiger charge is -2.20. The number of aryl methyl sites for hydroxylation is 1. The molecule has 0 fully saturated rings. The number of benzene rings is 2. The van der Waals surface area contributed by atoms with Gasteiger partial charge in [-0.3, -0.25) is 9.52 Å². The van der Waals surface area contributed by atoms with Crippen molar-refractivity contribution in [2.75, 3.05) is 4.72 Å². The van der Waals surface area contributed by atoms with E-state index in [1.165, 1.54) is 12.1 Å². The smallest absolute Gasteiger partial charge is 0.261 e. The number of hydrogen-bond acceptors (Lipinski definition) is 3. The molecule has 2 N–H and O–H groups in total. The first-order valence-corrected chi connectivity index (χ1v) is 9.63. The molecule has 0 spiro atoms. The van der Waals surface area contributed by atoms with Crippen LogP contribution in [0.15, 0.2) is 53.4 Å². The Labute approximate surface area is 149 Å². The summed E-state index contributed by atoms with van der Waals surface area (Å²) in [5.74, 6) is -0.308. The van der Waals surface area contributed by atoms with Gasteiger partial charge >= 0.3 is 0 Å². The molecule has 0 saturated carbocycles. The van der Waals surface area contributed by atoms with Gasteiger partial charge in [0, 0.05) is 16.8 Å². The Kier molecular flexibility index (Phi) is 5.52. The van der Waals surface area contributed by atoms with Gasteiger partial charge in [-0.1, -0.05) is 25.1 Å². The van der Waals surface area contributed by atoms with Gasteiger partial charge in [0.15, 0.2) is 0 Å². The van der Waals surface area contributed by atoms with Crippen molar-refractivity contribution in [3.63, 3.8) is 0 Å². The van der Waals surface area contributed by atoms with Crippen LogP contribution in [-0.4, -0.2) is 19.9 Å². The number of carbonyl (C=O) groups is 1. The number of carbonyl (C=O) groups excluding carboxylic acids is 1. The number of sulfonamides is 1. The van der Waals surface area contributed by atoms with E-state index in [0.29, 0.717) is 11.3 Å². The Hall–Kier alpha value is -2.34. The maximum Gasteiger partial charge on any atom is 0.261 e. The summed E-state index contributed by atoms with van der Waals surface area (Å²) in [5, 5.41) is 2.82. The number of anilines is 1. The highest BCUT2D eigenvalue weighted by molar-refractivity contribution is 7.92. The van der Waals surface area contributed by atoms with Gasteiger partial charge in [-0.15, -0.1) is 0 Å². The number of hydrogen-bond donors (Lipinski definition) is 2. The molecule has 25 heavy (non-hydrogen) atoms. The fraction of sp³-hybridized carbons (Fsp3) is 0.316. The maximum atomic E-state index is 12.6. The molecule has 0 heterocycles. The molecular weight excluding hydrogens is 336 g/mol. The summed E-state index contributed by atoms with van der Waals surface area (Å²) >= 11 is 0. The van der Waals surface area contributed by atoms with Gasteiger partial charge in [0.1, 0.15) is 0 Å². The van der Waals surface area contributed by atoms with Crippen molar-refractivity contribution in [2.45, 2.75) is 44.6 Å². The molecule has 2 aromatic rings. The van der Waals surface area contributed by atoms with Gasteiger partial charge in [0.2, 0.25) is 0 Å². The Bertz CT molecular complexity index is 851. The van der Waals surface area contributed by atoms with E-state index in [2.05, 4.69) is 10.0 Å². The first-order valence-electron chi connectivity index (χ1n) is 8.15. The van der Waals surface area contributed by atoms with Crippen LogP contribution in [0.3, 0.4) is 0 Å². The Morgan fingerprint density at radius 1 is 1.04 bits per heavy atom. The summed E-state index contributed by atoms with van der Waals surface area (Å²) in [7, 11) is -3.76. The molecule has 6 heteroatoms. The fourth-order valence-electron chi connectivity index (χ4n) is 2.24. The van der Waals surface area contributed by atoms with Crippen LogP contribution in [0.4, 0.5) is 5.69 Å². The van der Waals surface area contributed by atoms with Gasteiger partial charge in [-0.25, -0.2) is 8.42 Å². The van der Waals surface area contributed by atoms with Crippen LogP contribution in [0.25, 0.3) is 0 Å². The van der Waals surface area contributed by atoms with Crippen molar-refractivity contribution in [1.29, 1.82) is 0 Å². The Balaban J connectivity index is 2.24. The second kappa shape index (κ2) is 7.27. The summed E-state index contributed by atoms with van der Waals surface area (Å²) in [6.07, 6.45) is 0.887. The predicted molar refractivity (Wildman–Crippen MR) is 100 cm³/mol. The lowest BCUT2D eigenvalue weighted by molar-refractivity contribution is 0.0919. The Morgan fingerprint density at radius 2 is 1.68 bits per heavy atom. The quantitative estimate of drug-likeness (QED) is 0.856. The predicted octanol–water partition coefficient (Wildman–Crippen LogP) is 3.58. The average Bonchev–Trinajstić information content (AvgIpc) is 2.54. The van der Waals surface area contributed by atoms with Crippen LogP contribution in [-0.2, 0) is 16.4 Å². The van der Waals surface area contributed by atoms with E-state index in [0.717, 1.165) is 12.0 Å². The van der Waals surface area contributed by atoms with Crippen molar-refractivity contribution in [3.8, 4) is 0 Å². The summed E-state index contributed by atoms with van der Waals surface area (Å²) in [5.41, 5.74) is 1.52. The molecule has 0 bridgehead atoms. The van der Waals surface area contributed by atoms with Crippen LogP contribution in [0, 0.1) is 0 Å². The third-order valence-electron chi connectivity index (χ3n) is 3.51. The van der Waals surface area contributed by atoms with Crippen molar-refractivity contribution in [3.05, 3.63) is 59.7 Å². The van der Waals surface area contributed by atoms with Crippen LogP contribution in [0.5, 0.6) is 0 Å². The van der Waals surface area contributed by atoms with Gasteiger partial charge in [-0.2, -0.15) is 0 Å².